The van der Waals surface area contributed by atoms with Gasteiger partial charge in [0.2, 0.25) is 0 Å². The number of piperazine rings is 1. The molecule has 0 aromatic rings. The summed E-state index contributed by atoms with van der Waals surface area (Å²) in [4.78, 5) is 5.10. The molecule has 4 nitrogen and oxygen atoms in total. The summed E-state index contributed by atoms with van der Waals surface area (Å²) in [5.74, 6) is 0.628. The molecule has 1 aliphatic heterocycles. The highest BCUT2D eigenvalue weighted by atomic mass is 16.3. The van der Waals surface area contributed by atoms with Crippen molar-refractivity contribution in [3.63, 3.8) is 0 Å². The summed E-state index contributed by atoms with van der Waals surface area (Å²) in [6.07, 6.45) is 4.85. The third-order valence-corrected chi connectivity index (χ3v) is 5.97. The molecule has 1 saturated heterocycles. The van der Waals surface area contributed by atoms with Gasteiger partial charge in [0.05, 0.1) is 6.61 Å². The average Bonchev–Trinajstić information content (AvgIpc) is 2.85. The van der Waals surface area contributed by atoms with Gasteiger partial charge in [0.15, 0.2) is 0 Å². The number of nitrogens with zero attached hydrogens (tertiary/aromatic N) is 2. The number of hydrogen-bond donors (Lipinski definition) is 2. The number of likely N-dealkylation sites (N-methyl/N-ethyl adjacent to an activating group) is 2. The highest BCUT2D eigenvalue weighted by Crippen LogP contribution is 2.37. The maximum atomic E-state index is 9.76. The van der Waals surface area contributed by atoms with Gasteiger partial charge in [-0.3, -0.25) is 4.90 Å². The van der Waals surface area contributed by atoms with Crippen molar-refractivity contribution in [2.24, 2.45) is 5.92 Å². The lowest BCUT2D eigenvalue weighted by molar-refractivity contribution is 0.0503. The Morgan fingerprint density at radius 2 is 1.90 bits per heavy atom. The summed E-state index contributed by atoms with van der Waals surface area (Å²) in [6, 6.07) is 1.29. The zero-order chi connectivity index (χ0) is 14.8. The molecule has 2 rings (SSSR count). The van der Waals surface area contributed by atoms with Gasteiger partial charge in [-0.2, -0.15) is 0 Å². The molecule has 0 bridgehead atoms. The van der Waals surface area contributed by atoms with E-state index in [-0.39, 0.29) is 12.1 Å². The number of hydrogen-bond acceptors (Lipinski definition) is 4. The lowest BCUT2D eigenvalue weighted by atomic mass is 9.85. The zero-order valence-electron chi connectivity index (χ0n) is 13.7. The molecule has 4 unspecified atom stereocenters. The zero-order valence-corrected chi connectivity index (χ0v) is 13.7. The SMILES string of the molecule is CNC1(CO)CCCC1CCN1CC(C)N(C)C(C)C1. The standard InChI is InChI=1S/C16H33N3O/c1-13-10-19(11-14(2)18(13)4)9-7-15-6-5-8-16(15,12-20)17-3/h13-15,17,20H,5-12H2,1-4H3. The van der Waals surface area contributed by atoms with Crippen LogP contribution >= 0.6 is 0 Å². The van der Waals surface area contributed by atoms with Gasteiger partial charge >= 0.3 is 0 Å². The molecule has 0 spiro atoms. The fourth-order valence-corrected chi connectivity index (χ4v) is 4.22. The smallest absolute Gasteiger partial charge is 0.0615 e. The van der Waals surface area contributed by atoms with Gasteiger partial charge < -0.3 is 15.3 Å². The van der Waals surface area contributed by atoms with Gasteiger partial charge in [-0.15, -0.1) is 0 Å². The first kappa shape index (κ1) is 16.2. The van der Waals surface area contributed by atoms with Gasteiger partial charge in [-0.1, -0.05) is 6.42 Å². The second-order valence-corrected chi connectivity index (χ2v) is 7.07. The molecule has 20 heavy (non-hydrogen) atoms. The maximum absolute atomic E-state index is 9.76. The Labute approximate surface area is 124 Å². The Morgan fingerprint density at radius 1 is 1.25 bits per heavy atom. The fourth-order valence-electron chi connectivity index (χ4n) is 4.22. The molecule has 1 saturated carbocycles. The number of aliphatic hydroxyl groups excluding tert-OH is 1. The second-order valence-electron chi connectivity index (χ2n) is 7.07. The molecule has 0 amide bonds. The van der Waals surface area contributed by atoms with E-state index in [0.717, 1.165) is 6.42 Å². The van der Waals surface area contributed by atoms with E-state index in [1.54, 1.807) is 0 Å². The first-order valence-corrected chi connectivity index (χ1v) is 8.26. The van der Waals surface area contributed by atoms with Crippen molar-refractivity contribution in [2.75, 3.05) is 40.3 Å². The van der Waals surface area contributed by atoms with Crippen molar-refractivity contribution in [3.8, 4) is 0 Å². The first-order chi connectivity index (χ1) is 9.52. The van der Waals surface area contributed by atoms with Gasteiger partial charge in [-0.25, -0.2) is 0 Å². The van der Waals surface area contributed by atoms with Crippen LogP contribution in [0.4, 0.5) is 0 Å². The van der Waals surface area contributed by atoms with Crippen LogP contribution < -0.4 is 5.32 Å². The highest BCUT2D eigenvalue weighted by Gasteiger charge is 2.41. The van der Waals surface area contributed by atoms with E-state index in [1.165, 1.54) is 38.9 Å². The minimum Gasteiger partial charge on any atom is -0.394 e. The minimum atomic E-state index is -0.0101. The third kappa shape index (κ3) is 3.19. The van der Waals surface area contributed by atoms with Crippen LogP contribution in [0.3, 0.4) is 0 Å². The molecular weight excluding hydrogens is 250 g/mol. The summed E-state index contributed by atoms with van der Waals surface area (Å²) in [5.41, 5.74) is -0.0101. The molecule has 0 aromatic heterocycles. The van der Waals surface area contributed by atoms with Gasteiger partial charge in [0.1, 0.15) is 0 Å². The number of nitrogens with one attached hydrogen (secondary N) is 1. The average molecular weight is 283 g/mol. The predicted octanol–water partition coefficient (Wildman–Crippen LogP) is 1.15. The van der Waals surface area contributed by atoms with Gasteiger partial charge in [0.25, 0.3) is 0 Å². The normalized spacial score (nSPS) is 40.4. The fraction of sp³-hybridized carbons (Fsp3) is 1.00. The van der Waals surface area contributed by atoms with Crippen LogP contribution in [0.25, 0.3) is 0 Å². The molecule has 0 aromatic carbocycles. The van der Waals surface area contributed by atoms with Crippen LogP contribution in [-0.4, -0.2) is 72.9 Å². The van der Waals surface area contributed by atoms with E-state index in [4.69, 9.17) is 0 Å². The summed E-state index contributed by atoms with van der Waals surface area (Å²) in [5, 5.41) is 13.2. The topological polar surface area (TPSA) is 38.7 Å². The monoisotopic (exact) mass is 283 g/mol. The van der Waals surface area contributed by atoms with E-state index in [0.29, 0.717) is 18.0 Å². The van der Waals surface area contributed by atoms with Gasteiger partial charge in [0, 0.05) is 30.7 Å². The molecule has 1 heterocycles. The lowest BCUT2D eigenvalue weighted by Crippen LogP contribution is -2.55. The maximum Gasteiger partial charge on any atom is 0.0615 e. The summed E-state index contributed by atoms with van der Waals surface area (Å²) in [7, 11) is 4.25. The van der Waals surface area contributed by atoms with Crippen molar-refractivity contribution in [1.82, 2.24) is 15.1 Å². The summed E-state index contributed by atoms with van der Waals surface area (Å²) >= 11 is 0. The third-order valence-electron chi connectivity index (χ3n) is 5.97. The van der Waals surface area contributed by atoms with Crippen LogP contribution in [0, 0.1) is 5.92 Å². The van der Waals surface area contributed by atoms with E-state index >= 15 is 0 Å². The summed E-state index contributed by atoms with van der Waals surface area (Å²) in [6.45, 7) is 8.46. The first-order valence-electron chi connectivity index (χ1n) is 8.26. The molecule has 2 N–H and O–H groups in total. The van der Waals surface area contributed by atoms with Crippen molar-refractivity contribution in [3.05, 3.63) is 0 Å². The van der Waals surface area contributed by atoms with Crippen molar-refractivity contribution >= 4 is 0 Å². The molecular formula is C16H33N3O. The van der Waals surface area contributed by atoms with Crippen LogP contribution in [0.5, 0.6) is 0 Å². The molecule has 2 fully saturated rings. The molecule has 4 atom stereocenters. The van der Waals surface area contributed by atoms with Crippen LogP contribution in [0.2, 0.25) is 0 Å². The van der Waals surface area contributed by atoms with E-state index in [9.17, 15) is 5.11 Å². The van der Waals surface area contributed by atoms with E-state index in [2.05, 4.69) is 36.0 Å². The van der Waals surface area contributed by atoms with Crippen LogP contribution in [-0.2, 0) is 0 Å². The minimum absolute atomic E-state index is 0.0101. The molecule has 118 valence electrons. The Hall–Kier alpha value is -0.160. The van der Waals surface area contributed by atoms with E-state index in [1.807, 2.05) is 7.05 Å². The van der Waals surface area contributed by atoms with Crippen molar-refractivity contribution in [2.45, 2.75) is 57.2 Å². The number of aliphatic hydroxyl groups is 1. The largest absolute Gasteiger partial charge is 0.394 e. The van der Waals surface area contributed by atoms with Crippen LogP contribution in [0.1, 0.15) is 39.5 Å². The Balaban J connectivity index is 1.86. The molecule has 4 heteroatoms. The lowest BCUT2D eigenvalue weighted by Gasteiger charge is -2.43. The Kier molecular flexibility index (Phi) is 5.46. The van der Waals surface area contributed by atoms with Crippen molar-refractivity contribution < 1.29 is 5.11 Å². The predicted molar refractivity (Wildman–Crippen MR) is 84.0 cm³/mol. The Bertz CT molecular complexity index is 294. The van der Waals surface area contributed by atoms with Gasteiger partial charge in [-0.05, 0) is 59.7 Å². The number of rotatable bonds is 5. The molecule has 2 aliphatic rings. The quantitative estimate of drug-likeness (QED) is 0.794. The molecule has 1 aliphatic carbocycles. The highest BCUT2D eigenvalue weighted by molar-refractivity contribution is 4.98. The Morgan fingerprint density at radius 3 is 2.45 bits per heavy atom. The van der Waals surface area contributed by atoms with Crippen molar-refractivity contribution in [1.29, 1.82) is 0 Å². The molecule has 0 radical (unpaired) electrons. The summed E-state index contributed by atoms with van der Waals surface area (Å²) < 4.78 is 0. The van der Waals surface area contributed by atoms with Crippen LogP contribution in [0.15, 0.2) is 0 Å². The second kappa shape index (κ2) is 6.73. The van der Waals surface area contributed by atoms with E-state index < -0.39 is 0 Å².